The standard InChI is InChI=1S/C15H20N2O3/c1-12-4-3-5-14(10-12)17(13(2)18)11-15(19)16-6-8-20-9-7-16/h3-5,10H,6-9,11H2,1-2H3. The van der Waals surface area contributed by atoms with Crippen LogP contribution in [0.15, 0.2) is 24.3 Å². The van der Waals surface area contributed by atoms with Gasteiger partial charge in [0, 0.05) is 25.7 Å². The number of carbonyl (C=O) groups excluding carboxylic acids is 2. The predicted molar refractivity (Wildman–Crippen MR) is 76.6 cm³/mol. The van der Waals surface area contributed by atoms with Gasteiger partial charge in [0.05, 0.1) is 13.2 Å². The number of carbonyl (C=O) groups is 2. The molecule has 20 heavy (non-hydrogen) atoms. The van der Waals surface area contributed by atoms with E-state index in [2.05, 4.69) is 0 Å². The van der Waals surface area contributed by atoms with E-state index in [0.717, 1.165) is 11.3 Å². The summed E-state index contributed by atoms with van der Waals surface area (Å²) in [5, 5.41) is 0. The van der Waals surface area contributed by atoms with Crippen molar-refractivity contribution in [3.8, 4) is 0 Å². The van der Waals surface area contributed by atoms with Crippen molar-refractivity contribution in [2.24, 2.45) is 0 Å². The minimum Gasteiger partial charge on any atom is -0.378 e. The SMILES string of the molecule is CC(=O)N(CC(=O)N1CCOCC1)c1cccc(C)c1. The number of aryl methyl sites for hydroxylation is 1. The first-order chi connectivity index (χ1) is 9.58. The van der Waals surface area contributed by atoms with E-state index in [1.165, 1.54) is 11.8 Å². The molecule has 2 amide bonds. The van der Waals surface area contributed by atoms with Gasteiger partial charge in [-0.25, -0.2) is 0 Å². The highest BCUT2D eigenvalue weighted by atomic mass is 16.5. The first-order valence-electron chi connectivity index (χ1n) is 6.78. The van der Waals surface area contributed by atoms with Crippen LogP contribution in [0.1, 0.15) is 12.5 Å². The molecule has 0 N–H and O–H groups in total. The number of rotatable bonds is 3. The third-order valence-corrected chi connectivity index (χ3v) is 3.35. The highest BCUT2D eigenvalue weighted by molar-refractivity contribution is 5.97. The molecule has 2 rings (SSSR count). The monoisotopic (exact) mass is 276 g/mol. The van der Waals surface area contributed by atoms with Crippen molar-refractivity contribution in [3.05, 3.63) is 29.8 Å². The number of anilines is 1. The lowest BCUT2D eigenvalue weighted by Crippen LogP contribution is -2.46. The molecule has 0 spiro atoms. The number of ether oxygens (including phenoxy) is 1. The van der Waals surface area contributed by atoms with E-state index in [-0.39, 0.29) is 18.4 Å². The molecule has 0 unspecified atom stereocenters. The van der Waals surface area contributed by atoms with Crippen molar-refractivity contribution in [2.45, 2.75) is 13.8 Å². The molecule has 0 radical (unpaired) electrons. The Kier molecular flexibility index (Phi) is 4.74. The van der Waals surface area contributed by atoms with E-state index in [0.29, 0.717) is 26.3 Å². The van der Waals surface area contributed by atoms with E-state index in [1.807, 2.05) is 31.2 Å². The van der Waals surface area contributed by atoms with Crippen LogP contribution in [0.25, 0.3) is 0 Å². The van der Waals surface area contributed by atoms with Crippen LogP contribution in [0.3, 0.4) is 0 Å². The maximum absolute atomic E-state index is 12.2. The van der Waals surface area contributed by atoms with Crippen molar-refractivity contribution in [1.29, 1.82) is 0 Å². The van der Waals surface area contributed by atoms with Gasteiger partial charge in [0.15, 0.2) is 0 Å². The molecule has 5 nitrogen and oxygen atoms in total. The summed E-state index contributed by atoms with van der Waals surface area (Å²) < 4.78 is 5.23. The molecule has 108 valence electrons. The Morgan fingerprint density at radius 2 is 2.00 bits per heavy atom. The maximum atomic E-state index is 12.2. The fourth-order valence-corrected chi connectivity index (χ4v) is 2.23. The lowest BCUT2D eigenvalue weighted by atomic mass is 10.2. The highest BCUT2D eigenvalue weighted by Gasteiger charge is 2.21. The van der Waals surface area contributed by atoms with Gasteiger partial charge in [-0.1, -0.05) is 12.1 Å². The van der Waals surface area contributed by atoms with E-state index >= 15 is 0 Å². The van der Waals surface area contributed by atoms with Crippen LogP contribution in [0, 0.1) is 6.92 Å². The average molecular weight is 276 g/mol. The third-order valence-electron chi connectivity index (χ3n) is 3.35. The average Bonchev–Trinajstić information content (AvgIpc) is 2.45. The van der Waals surface area contributed by atoms with Crippen molar-refractivity contribution in [1.82, 2.24) is 4.90 Å². The van der Waals surface area contributed by atoms with Gasteiger partial charge < -0.3 is 14.5 Å². The summed E-state index contributed by atoms with van der Waals surface area (Å²) in [5.74, 6) is -0.165. The van der Waals surface area contributed by atoms with E-state index in [1.54, 1.807) is 4.90 Å². The smallest absolute Gasteiger partial charge is 0.242 e. The molecule has 0 atom stereocenters. The maximum Gasteiger partial charge on any atom is 0.242 e. The topological polar surface area (TPSA) is 49.9 Å². The molecule has 1 aliphatic heterocycles. The van der Waals surface area contributed by atoms with Crippen LogP contribution in [0.2, 0.25) is 0 Å². The van der Waals surface area contributed by atoms with Crippen LogP contribution < -0.4 is 4.90 Å². The summed E-state index contributed by atoms with van der Waals surface area (Å²) >= 11 is 0. The second kappa shape index (κ2) is 6.52. The summed E-state index contributed by atoms with van der Waals surface area (Å²) in [5.41, 5.74) is 1.83. The van der Waals surface area contributed by atoms with Crippen molar-refractivity contribution < 1.29 is 14.3 Å². The van der Waals surface area contributed by atoms with E-state index < -0.39 is 0 Å². The largest absolute Gasteiger partial charge is 0.378 e. The van der Waals surface area contributed by atoms with Gasteiger partial charge in [-0.15, -0.1) is 0 Å². The number of nitrogens with zero attached hydrogens (tertiary/aromatic N) is 2. The van der Waals surface area contributed by atoms with E-state index in [9.17, 15) is 9.59 Å². The summed E-state index contributed by atoms with van der Waals surface area (Å²) in [4.78, 5) is 27.3. The fourth-order valence-electron chi connectivity index (χ4n) is 2.23. The summed E-state index contributed by atoms with van der Waals surface area (Å²) in [7, 11) is 0. The fraction of sp³-hybridized carbons (Fsp3) is 0.467. The zero-order valence-electron chi connectivity index (χ0n) is 12.0. The molecule has 5 heteroatoms. The first-order valence-corrected chi connectivity index (χ1v) is 6.78. The molecule has 1 saturated heterocycles. The highest BCUT2D eigenvalue weighted by Crippen LogP contribution is 2.16. The van der Waals surface area contributed by atoms with Crippen LogP contribution in [-0.4, -0.2) is 49.6 Å². The molecule has 0 aliphatic carbocycles. The molecular weight excluding hydrogens is 256 g/mol. The number of morpholine rings is 1. The number of hydrogen-bond acceptors (Lipinski definition) is 3. The Morgan fingerprint density at radius 1 is 1.30 bits per heavy atom. The molecule has 1 heterocycles. The van der Waals surface area contributed by atoms with Crippen LogP contribution in [-0.2, 0) is 14.3 Å². The Labute approximate surface area is 119 Å². The second-order valence-electron chi connectivity index (χ2n) is 4.94. The molecule has 1 aliphatic rings. The molecule has 1 aromatic rings. The summed E-state index contributed by atoms with van der Waals surface area (Å²) in [6, 6.07) is 7.61. The molecular formula is C15H20N2O3. The summed E-state index contributed by atoms with van der Waals surface area (Å²) in [6.45, 7) is 5.85. The lowest BCUT2D eigenvalue weighted by Gasteiger charge is -2.29. The van der Waals surface area contributed by atoms with Gasteiger partial charge in [0.25, 0.3) is 0 Å². The Bertz CT molecular complexity index is 496. The zero-order chi connectivity index (χ0) is 14.5. The van der Waals surface area contributed by atoms with Crippen molar-refractivity contribution in [3.63, 3.8) is 0 Å². The number of benzene rings is 1. The van der Waals surface area contributed by atoms with Gasteiger partial charge >= 0.3 is 0 Å². The quantitative estimate of drug-likeness (QED) is 0.833. The molecule has 1 aromatic carbocycles. The molecule has 0 saturated carbocycles. The predicted octanol–water partition coefficient (Wildman–Crippen LogP) is 1.21. The minimum atomic E-state index is -0.128. The van der Waals surface area contributed by atoms with Gasteiger partial charge in [-0.2, -0.15) is 0 Å². The van der Waals surface area contributed by atoms with Crippen LogP contribution >= 0.6 is 0 Å². The van der Waals surface area contributed by atoms with Gasteiger partial charge in [0.1, 0.15) is 6.54 Å². The van der Waals surface area contributed by atoms with E-state index in [4.69, 9.17) is 4.74 Å². The number of hydrogen-bond donors (Lipinski definition) is 0. The number of amides is 2. The third kappa shape index (κ3) is 3.57. The van der Waals surface area contributed by atoms with Crippen LogP contribution in [0.4, 0.5) is 5.69 Å². The van der Waals surface area contributed by atoms with Gasteiger partial charge in [0.2, 0.25) is 11.8 Å². The van der Waals surface area contributed by atoms with Crippen molar-refractivity contribution in [2.75, 3.05) is 37.7 Å². The Morgan fingerprint density at radius 3 is 2.60 bits per heavy atom. The molecule has 0 bridgehead atoms. The van der Waals surface area contributed by atoms with Crippen molar-refractivity contribution >= 4 is 17.5 Å². The Balaban J connectivity index is 2.09. The Hall–Kier alpha value is -1.88. The van der Waals surface area contributed by atoms with Gasteiger partial charge in [-0.05, 0) is 24.6 Å². The minimum absolute atomic E-state index is 0.0370. The van der Waals surface area contributed by atoms with Gasteiger partial charge in [-0.3, -0.25) is 9.59 Å². The second-order valence-corrected chi connectivity index (χ2v) is 4.94. The molecule has 0 aromatic heterocycles. The summed E-state index contributed by atoms with van der Waals surface area (Å²) in [6.07, 6.45) is 0. The first kappa shape index (κ1) is 14.5. The van der Waals surface area contributed by atoms with Crippen LogP contribution in [0.5, 0.6) is 0 Å². The lowest BCUT2D eigenvalue weighted by molar-refractivity contribution is -0.134. The molecule has 1 fully saturated rings. The zero-order valence-corrected chi connectivity index (χ0v) is 12.0. The normalized spacial score (nSPS) is 15.0.